The van der Waals surface area contributed by atoms with E-state index >= 15 is 0 Å². The van der Waals surface area contributed by atoms with E-state index in [9.17, 15) is 9.90 Å². The Morgan fingerprint density at radius 3 is 2.46 bits per heavy atom. The molecule has 2 aromatic carbocycles. The summed E-state index contributed by atoms with van der Waals surface area (Å²) in [4.78, 5) is 21.0. The third kappa shape index (κ3) is 2.45. The lowest BCUT2D eigenvalue weighted by Gasteiger charge is -1.95. The lowest BCUT2D eigenvalue weighted by Crippen LogP contribution is -1.99. The Hall–Kier alpha value is -3.05. The van der Waals surface area contributed by atoms with Crippen molar-refractivity contribution in [2.45, 2.75) is 0 Å². The van der Waals surface area contributed by atoms with Crippen LogP contribution in [0.25, 0.3) is 17.0 Å². The molecule has 0 atom stereocenters. The standard InChI is InChI=1S/C19H12N2O2S/c22-17-13-8-4-5-9-14(13)18(23)15(17)10-20-19-21-16(11-24-19)12-6-2-1-3-7-12/h1-11,22H. The molecular weight excluding hydrogens is 320 g/mol. The van der Waals surface area contributed by atoms with Gasteiger partial charge < -0.3 is 5.11 Å². The lowest BCUT2D eigenvalue weighted by molar-refractivity contribution is 0.104. The topological polar surface area (TPSA) is 62.5 Å². The van der Waals surface area contributed by atoms with Gasteiger partial charge in [-0.15, -0.1) is 11.3 Å². The molecule has 4 nitrogen and oxygen atoms in total. The molecule has 0 saturated heterocycles. The lowest BCUT2D eigenvalue weighted by atomic mass is 10.1. The van der Waals surface area contributed by atoms with Crippen LogP contribution in [0.2, 0.25) is 0 Å². The van der Waals surface area contributed by atoms with Crippen LogP contribution in [0.3, 0.4) is 0 Å². The Labute approximate surface area is 142 Å². The number of aliphatic hydroxyl groups is 1. The Bertz CT molecular complexity index is 987. The minimum atomic E-state index is -0.216. The summed E-state index contributed by atoms with van der Waals surface area (Å²) in [5.74, 6) is -0.245. The third-order valence-corrected chi connectivity index (χ3v) is 4.54. The number of aliphatic imine (C=N–C) groups is 1. The Morgan fingerprint density at radius 2 is 1.71 bits per heavy atom. The molecule has 116 valence electrons. The molecule has 0 saturated carbocycles. The van der Waals surface area contributed by atoms with Crippen molar-refractivity contribution in [2.24, 2.45) is 4.99 Å². The van der Waals surface area contributed by atoms with E-state index in [0.717, 1.165) is 11.3 Å². The van der Waals surface area contributed by atoms with E-state index in [-0.39, 0.29) is 17.1 Å². The fraction of sp³-hybridized carbons (Fsp3) is 0. The number of aliphatic hydroxyl groups excluding tert-OH is 1. The minimum absolute atomic E-state index is 0.0285. The fourth-order valence-corrected chi connectivity index (χ4v) is 3.26. The zero-order valence-electron chi connectivity index (χ0n) is 12.5. The van der Waals surface area contributed by atoms with Crippen LogP contribution < -0.4 is 0 Å². The average molecular weight is 332 g/mol. The molecule has 0 amide bonds. The van der Waals surface area contributed by atoms with Crippen molar-refractivity contribution in [1.29, 1.82) is 0 Å². The van der Waals surface area contributed by atoms with Crippen LogP contribution in [0, 0.1) is 0 Å². The summed E-state index contributed by atoms with van der Waals surface area (Å²) in [5, 5.41) is 12.7. The molecule has 0 fully saturated rings. The summed E-state index contributed by atoms with van der Waals surface area (Å²) < 4.78 is 0. The van der Waals surface area contributed by atoms with Gasteiger partial charge in [-0.3, -0.25) is 4.79 Å². The number of fused-ring (bicyclic) bond motifs is 1. The number of hydrogen-bond acceptors (Lipinski definition) is 5. The summed E-state index contributed by atoms with van der Waals surface area (Å²) >= 11 is 1.39. The summed E-state index contributed by atoms with van der Waals surface area (Å²) in [7, 11) is 0. The van der Waals surface area contributed by atoms with Crippen LogP contribution >= 0.6 is 11.3 Å². The summed E-state index contributed by atoms with van der Waals surface area (Å²) in [6.45, 7) is 0. The van der Waals surface area contributed by atoms with Crippen LogP contribution in [0.4, 0.5) is 5.13 Å². The van der Waals surface area contributed by atoms with E-state index in [4.69, 9.17) is 0 Å². The van der Waals surface area contributed by atoms with Crippen LogP contribution in [-0.4, -0.2) is 22.1 Å². The second-order valence-corrected chi connectivity index (χ2v) is 6.11. The predicted octanol–water partition coefficient (Wildman–Crippen LogP) is 4.68. The van der Waals surface area contributed by atoms with Crippen LogP contribution in [0.5, 0.6) is 0 Å². The molecule has 3 aromatic rings. The number of benzene rings is 2. The maximum absolute atomic E-state index is 12.3. The van der Waals surface area contributed by atoms with Crippen LogP contribution in [-0.2, 0) is 0 Å². The van der Waals surface area contributed by atoms with Crippen LogP contribution in [0.15, 0.2) is 70.5 Å². The number of hydrogen-bond donors (Lipinski definition) is 1. The van der Waals surface area contributed by atoms with Gasteiger partial charge in [-0.05, 0) is 0 Å². The second-order valence-electron chi connectivity index (χ2n) is 5.28. The van der Waals surface area contributed by atoms with Crippen molar-refractivity contribution in [2.75, 3.05) is 0 Å². The van der Waals surface area contributed by atoms with E-state index < -0.39 is 0 Å². The van der Waals surface area contributed by atoms with E-state index in [0.29, 0.717) is 16.3 Å². The van der Waals surface area contributed by atoms with Gasteiger partial charge in [-0.25, -0.2) is 9.98 Å². The predicted molar refractivity (Wildman–Crippen MR) is 96.0 cm³/mol. The number of allylic oxidation sites excluding steroid dienone is 1. The third-order valence-electron chi connectivity index (χ3n) is 3.79. The Kier molecular flexibility index (Phi) is 3.55. The van der Waals surface area contributed by atoms with Crippen molar-refractivity contribution in [3.05, 3.63) is 76.7 Å². The highest BCUT2D eigenvalue weighted by molar-refractivity contribution is 7.13. The number of carbonyl (C=O) groups excluding carboxylic acids is 1. The van der Waals surface area contributed by atoms with Crippen molar-refractivity contribution in [3.8, 4) is 11.3 Å². The fourth-order valence-electron chi connectivity index (χ4n) is 2.59. The first-order valence-electron chi connectivity index (χ1n) is 7.36. The average Bonchev–Trinajstić information content (AvgIpc) is 3.19. The van der Waals surface area contributed by atoms with Crippen LogP contribution in [0.1, 0.15) is 15.9 Å². The first kappa shape index (κ1) is 14.5. The van der Waals surface area contributed by atoms with Crippen molar-refractivity contribution >= 4 is 34.2 Å². The minimum Gasteiger partial charge on any atom is -0.506 e. The zero-order valence-corrected chi connectivity index (χ0v) is 13.3. The maximum Gasteiger partial charge on any atom is 0.209 e. The zero-order chi connectivity index (χ0) is 16.5. The van der Waals surface area contributed by atoms with Gasteiger partial charge in [-0.2, -0.15) is 0 Å². The SMILES string of the molecule is O=C1C(C=Nc2nc(-c3ccccc3)cs2)=C(O)c2ccccc21. The van der Waals surface area contributed by atoms with Crippen molar-refractivity contribution < 1.29 is 9.90 Å². The molecule has 0 spiro atoms. The molecule has 1 N–H and O–H groups in total. The number of Topliss-reactive ketones (excluding diaryl/α,β-unsaturated/α-hetero) is 1. The largest absolute Gasteiger partial charge is 0.506 e. The number of nitrogens with zero attached hydrogens (tertiary/aromatic N) is 2. The number of carbonyl (C=O) groups is 1. The monoisotopic (exact) mass is 332 g/mol. The number of rotatable bonds is 3. The highest BCUT2D eigenvalue weighted by Crippen LogP contribution is 2.31. The van der Waals surface area contributed by atoms with Crippen molar-refractivity contribution in [1.82, 2.24) is 4.98 Å². The van der Waals surface area contributed by atoms with E-state index in [1.807, 2.05) is 35.7 Å². The first-order chi connectivity index (χ1) is 11.7. The Balaban J connectivity index is 1.62. The molecule has 1 aromatic heterocycles. The quantitative estimate of drug-likeness (QED) is 0.708. The molecule has 0 radical (unpaired) electrons. The van der Waals surface area contributed by atoms with Gasteiger partial charge in [0.2, 0.25) is 5.13 Å². The smallest absolute Gasteiger partial charge is 0.209 e. The molecule has 0 bridgehead atoms. The number of ketones is 1. The molecule has 24 heavy (non-hydrogen) atoms. The molecule has 1 aliphatic carbocycles. The van der Waals surface area contributed by atoms with Gasteiger partial charge >= 0.3 is 0 Å². The second kappa shape index (κ2) is 5.86. The molecule has 0 aliphatic heterocycles. The Morgan fingerprint density at radius 1 is 1.00 bits per heavy atom. The summed E-state index contributed by atoms with van der Waals surface area (Å²) in [6, 6.07) is 16.8. The van der Waals surface area contributed by atoms with Gasteiger partial charge in [-0.1, -0.05) is 54.6 Å². The first-order valence-corrected chi connectivity index (χ1v) is 8.24. The van der Waals surface area contributed by atoms with E-state index in [1.54, 1.807) is 24.3 Å². The number of aromatic nitrogens is 1. The van der Waals surface area contributed by atoms with Gasteiger partial charge in [0.1, 0.15) is 5.76 Å². The van der Waals surface area contributed by atoms with Gasteiger partial charge in [0.05, 0.1) is 11.3 Å². The highest BCUT2D eigenvalue weighted by atomic mass is 32.1. The molecule has 0 unspecified atom stereocenters. The molecule has 4 rings (SSSR count). The molecular formula is C19H12N2O2S. The molecule has 1 aliphatic rings. The normalized spacial score (nSPS) is 13.8. The van der Waals surface area contributed by atoms with Crippen molar-refractivity contribution in [3.63, 3.8) is 0 Å². The maximum atomic E-state index is 12.3. The number of thiazole rings is 1. The highest BCUT2D eigenvalue weighted by Gasteiger charge is 2.27. The molecule has 5 heteroatoms. The van der Waals surface area contributed by atoms with Gasteiger partial charge in [0.25, 0.3) is 0 Å². The molecule has 1 heterocycles. The van der Waals surface area contributed by atoms with E-state index in [2.05, 4.69) is 9.98 Å². The van der Waals surface area contributed by atoms with E-state index in [1.165, 1.54) is 17.6 Å². The summed E-state index contributed by atoms with van der Waals surface area (Å²) in [5.41, 5.74) is 3.11. The van der Waals surface area contributed by atoms with Gasteiger partial charge in [0.15, 0.2) is 5.78 Å². The summed E-state index contributed by atoms with van der Waals surface area (Å²) in [6.07, 6.45) is 1.39. The van der Waals surface area contributed by atoms with Gasteiger partial charge in [0, 0.05) is 28.3 Å².